The molecule has 0 aliphatic carbocycles. The second kappa shape index (κ2) is 9.21. The summed E-state index contributed by atoms with van der Waals surface area (Å²) < 4.78 is 9.62. The van der Waals surface area contributed by atoms with E-state index in [1.165, 1.54) is 18.7 Å². The summed E-state index contributed by atoms with van der Waals surface area (Å²) in [7, 11) is 0. The molecule has 1 aromatic carbocycles. The first kappa shape index (κ1) is 23.0. The van der Waals surface area contributed by atoms with Gasteiger partial charge in [-0.15, -0.1) is 0 Å². The van der Waals surface area contributed by atoms with E-state index in [0.29, 0.717) is 46.7 Å². The molecule has 1 saturated heterocycles. The molecule has 37 heavy (non-hydrogen) atoms. The zero-order valence-electron chi connectivity index (χ0n) is 19.8. The molecule has 5 heterocycles. The molecule has 2 N–H and O–H groups in total. The number of ether oxygens (including phenoxy) is 1. The number of likely N-dealkylation sites (tertiary alicyclic amines) is 1. The van der Waals surface area contributed by atoms with E-state index in [4.69, 9.17) is 22.1 Å². The number of carbonyl (C=O) groups is 1. The Morgan fingerprint density at radius 3 is 2.92 bits per heavy atom. The Hall–Kier alpha value is -4.44. The molecule has 1 amide bonds. The van der Waals surface area contributed by atoms with Crippen LogP contribution in [0.25, 0.3) is 22.4 Å². The van der Waals surface area contributed by atoms with E-state index in [1.807, 2.05) is 33.9 Å². The molecule has 4 aromatic heterocycles. The number of aromatic nitrogens is 6. The highest BCUT2D eigenvalue weighted by Gasteiger charge is 2.28. The van der Waals surface area contributed by atoms with Crippen molar-refractivity contribution in [2.75, 3.05) is 18.8 Å². The minimum Gasteiger partial charge on any atom is -0.456 e. The number of amides is 1. The predicted molar refractivity (Wildman–Crippen MR) is 140 cm³/mol. The van der Waals surface area contributed by atoms with Gasteiger partial charge in [-0.05, 0) is 48.7 Å². The Labute approximate surface area is 217 Å². The first-order chi connectivity index (χ1) is 18.0. The number of nitrogens with zero attached hydrogens (tertiary/aromatic N) is 7. The van der Waals surface area contributed by atoms with Crippen LogP contribution in [0.15, 0.2) is 68.0 Å². The van der Waals surface area contributed by atoms with Crippen LogP contribution >= 0.6 is 11.6 Å². The van der Waals surface area contributed by atoms with E-state index < -0.39 is 0 Å². The number of hydrogen-bond donors (Lipinski definition) is 1. The summed E-state index contributed by atoms with van der Waals surface area (Å²) in [6.07, 6.45) is 9.90. The van der Waals surface area contributed by atoms with Gasteiger partial charge < -0.3 is 19.9 Å². The number of pyridine rings is 1. The van der Waals surface area contributed by atoms with Crippen molar-refractivity contribution in [1.82, 2.24) is 34.0 Å². The Kier molecular flexibility index (Phi) is 5.72. The smallest absolute Gasteiger partial charge is 0.245 e. The zero-order valence-corrected chi connectivity index (χ0v) is 20.5. The van der Waals surface area contributed by atoms with E-state index in [1.54, 1.807) is 22.8 Å². The maximum atomic E-state index is 12.3. The topological polar surface area (TPSA) is 116 Å². The molecule has 11 heteroatoms. The molecule has 6 rings (SSSR count). The summed E-state index contributed by atoms with van der Waals surface area (Å²) >= 11 is 6.65. The third-order valence-electron chi connectivity index (χ3n) is 6.66. The molecule has 5 aromatic rings. The van der Waals surface area contributed by atoms with Gasteiger partial charge in [0.15, 0.2) is 5.65 Å². The summed E-state index contributed by atoms with van der Waals surface area (Å²) in [6.45, 7) is 4.93. The molecule has 1 aliphatic heterocycles. The number of piperidine rings is 1. The van der Waals surface area contributed by atoms with Gasteiger partial charge in [0, 0.05) is 43.2 Å². The molecule has 1 unspecified atom stereocenters. The molecule has 1 aliphatic rings. The lowest BCUT2D eigenvalue weighted by molar-refractivity contribution is -0.127. The van der Waals surface area contributed by atoms with Crippen LogP contribution in [0.3, 0.4) is 0 Å². The van der Waals surface area contributed by atoms with Crippen molar-refractivity contribution in [1.29, 1.82) is 0 Å². The van der Waals surface area contributed by atoms with Gasteiger partial charge in [0.1, 0.15) is 35.6 Å². The van der Waals surface area contributed by atoms with E-state index in [-0.39, 0.29) is 11.8 Å². The number of anilines is 1. The van der Waals surface area contributed by atoms with Crippen LogP contribution < -0.4 is 10.5 Å². The molecule has 0 radical (unpaired) electrons. The molecule has 0 spiro atoms. The highest BCUT2D eigenvalue weighted by atomic mass is 35.5. The third-order valence-corrected chi connectivity index (χ3v) is 6.96. The summed E-state index contributed by atoms with van der Waals surface area (Å²) in [5, 5.41) is 5.32. The monoisotopic (exact) mass is 514 g/mol. The molecule has 1 fully saturated rings. The summed E-state index contributed by atoms with van der Waals surface area (Å²) in [5.74, 6) is 1.54. The SMILES string of the molecule is C=CC(=O)N1CCCC(c2cn(-c3ccc(Oc4ccn5ncnc5c4)c(Cl)c3)c3ncnc(N)c23)C1. The van der Waals surface area contributed by atoms with Gasteiger partial charge in [-0.1, -0.05) is 18.2 Å². The van der Waals surface area contributed by atoms with Crippen LogP contribution in [0, 0.1) is 0 Å². The molecular weight excluding hydrogens is 492 g/mol. The second-order valence-corrected chi connectivity index (χ2v) is 9.29. The van der Waals surface area contributed by atoms with Crippen molar-refractivity contribution in [3.8, 4) is 17.2 Å². The fourth-order valence-corrected chi connectivity index (χ4v) is 5.10. The van der Waals surface area contributed by atoms with Gasteiger partial charge in [0.25, 0.3) is 0 Å². The highest BCUT2D eigenvalue weighted by Crippen LogP contribution is 2.38. The fourth-order valence-electron chi connectivity index (χ4n) is 4.89. The van der Waals surface area contributed by atoms with Gasteiger partial charge in [-0.3, -0.25) is 4.79 Å². The zero-order chi connectivity index (χ0) is 25.5. The lowest BCUT2D eigenvalue weighted by Crippen LogP contribution is -2.38. The lowest BCUT2D eigenvalue weighted by atomic mass is 9.90. The molecule has 0 saturated carbocycles. The van der Waals surface area contributed by atoms with Crippen LogP contribution in [-0.4, -0.2) is 53.0 Å². The Morgan fingerprint density at radius 2 is 2.08 bits per heavy atom. The normalized spacial score (nSPS) is 15.8. The second-order valence-electron chi connectivity index (χ2n) is 8.88. The van der Waals surface area contributed by atoms with Crippen LogP contribution in [0.4, 0.5) is 5.82 Å². The van der Waals surface area contributed by atoms with E-state index in [0.717, 1.165) is 29.5 Å². The number of halogens is 1. The van der Waals surface area contributed by atoms with Crippen LogP contribution in [0.1, 0.15) is 24.3 Å². The van der Waals surface area contributed by atoms with Crippen molar-refractivity contribution >= 4 is 40.0 Å². The highest BCUT2D eigenvalue weighted by molar-refractivity contribution is 6.32. The Bertz CT molecular complexity index is 1660. The standard InChI is InChI=1S/C26H23ClN8O2/c1-2-23(36)33-8-3-4-16(12-33)19-13-34(26-24(19)25(28)30-14-31-26)17-5-6-21(20(27)10-17)37-18-7-9-35-22(11-18)29-15-32-35/h2,5-7,9-11,13-16H,1,3-4,8,12H2,(H2,28,30,31). The Morgan fingerprint density at radius 1 is 1.19 bits per heavy atom. The molecule has 1 atom stereocenters. The minimum absolute atomic E-state index is 0.0665. The van der Waals surface area contributed by atoms with Crippen molar-refractivity contribution in [2.24, 2.45) is 0 Å². The summed E-state index contributed by atoms with van der Waals surface area (Å²) in [6, 6.07) is 9.12. The van der Waals surface area contributed by atoms with Gasteiger partial charge >= 0.3 is 0 Å². The fraction of sp³-hybridized carbons (Fsp3) is 0.192. The number of benzene rings is 1. The first-order valence-electron chi connectivity index (χ1n) is 11.8. The molecular formula is C26H23ClN8O2. The quantitative estimate of drug-likeness (QED) is 0.346. The van der Waals surface area contributed by atoms with Crippen molar-refractivity contribution < 1.29 is 9.53 Å². The van der Waals surface area contributed by atoms with E-state index in [2.05, 4.69) is 26.6 Å². The number of rotatable bonds is 5. The number of fused-ring (bicyclic) bond motifs is 2. The van der Waals surface area contributed by atoms with Crippen LogP contribution in [0.2, 0.25) is 5.02 Å². The predicted octanol–water partition coefficient (Wildman–Crippen LogP) is 4.38. The summed E-state index contributed by atoms with van der Waals surface area (Å²) in [5.41, 5.74) is 9.49. The van der Waals surface area contributed by atoms with Crippen LogP contribution in [-0.2, 0) is 4.79 Å². The third kappa shape index (κ3) is 4.15. The lowest BCUT2D eigenvalue weighted by Gasteiger charge is -2.32. The number of carbonyl (C=O) groups excluding carboxylic acids is 1. The largest absolute Gasteiger partial charge is 0.456 e. The van der Waals surface area contributed by atoms with Crippen LogP contribution in [0.5, 0.6) is 11.5 Å². The molecule has 10 nitrogen and oxygen atoms in total. The van der Waals surface area contributed by atoms with Crippen molar-refractivity contribution in [2.45, 2.75) is 18.8 Å². The summed E-state index contributed by atoms with van der Waals surface area (Å²) in [4.78, 5) is 27.0. The van der Waals surface area contributed by atoms with Gasteiger partial charge in [0.2, 0.25) is 5.91 Å². The first-order valence-corrected chi connectivity index (χ1v) is 12.2. The minimum atomic E-state index is -0.0665. The maximum absolute atomic E-state index is 12.3. The molecule has 186 valence electrons. The maximum Gasteiger partial charge on any atom is 0.245 e. The van der Waals surface area contributed by atoms with E-state index in [9.17, 15) is 4.79 Å². The van der Waals surface area contributed by atoms with Gasteiger partial charge in [0.05, 0.1) is 10.4 Å². The van der Waals surface area contributed by atoms with Crippen molar-refractivity contribution in [3.05, 3.63) is 78.6 Å². The average molecular weight is 515 g/mol. The number of nitrogens with two attached hydrogens (primary N) is 1. The number of hydrogen-bond acceptors (Lipinski definition) is 7. The number of nitrogen functional groups attached to an aromatic ring is 1. The van der Waals surface area contributed by atoms with Crippen molar-refractivity contribution in [3.63, 3.8) is 0 Å². The molecule has 0 bridgehead atoms. The van der Waals surface area contributed by atoms with Gasteiger partial charge in [-0.25, -0.2) is 19.5 Å². The van der Waals surface area contributed by atoms with E-state index >= 15 is 0 Å². The average Bonchev–Trinajstić information content (AvgIpc) is 3.55. The van der Waals surface area contributed by atoms with Gasteiger partial charge in [-0.2, -0.15) is 5.10 Å². The Balaban J connectivity index is 1.36.